The number of nitrogens with one attached hydrogen (secondary N) is 3. The Morgan fingerprint density at radius 1 is 1.20 bits per heavy atom. The molecular weight excluding hydrogens is 318 g/mol. The van der Waals surface area contributed by atoms with E-state index in [9.17, 15) is 9.59 Å². The van der Waals surface area contributed by atoms with E-state index in [0.717, 1.165) is 51.9 Å². The lowest BCUT2D eigenvalue weighted by Crippen LogP contribution is -2.41. The fourth-order valence-corrected chi connectivity index (χ4v) is 3.43. The first-order valence-electron chi connectivity index (χ1n) is 9.78. The molecule has 0 aromatic rings. The number of carbonyl (C=O) groups excluding carboxylic acids is 2. The first-order valence-corrected chi connectivity index (χ1v) is 9.78. The highest BCUT2D eigenvalue weighted by Crippen LogP contribution is 2.17. The number of guanidine groups is 1. The number of hydrogen-bond acceptors (Lipinski definition) is 3. The van der Waals surface area contributed by atoms with E-state index in [0.29, 0.717) is 18.4 Å². The van der Waals surface area contributed by atoms with Crippen molar-refractivity contribution < 1.29 is 9.59 Å². The molecule has 0 aromatic heterocycles. The summed E-state index contributed by atoms with van der Waals surface area (Å²) in [5, 5.41) is 9.48. The van der Waals surface area contributed by atoms with Crippen LogP contribution in [0.4, 0.5) is 0 Å². The topological polar surface area (TPSA) is 85.8 Å². The lowest BCUT2D eigenvalue weighted by Gasteiger charge is -2.22. The molecule has 25 heavy (non-hydrogen) atoms. The number of amides is 2. The van der Waals surface area contributed by atoms with Crippen LogP contribution in [0.1, 0.15) is 58.3 Å². The fourth-order valence-electron chi connectivity index (χ4n) is 3.43. The zero-order chi connectivity index (χ0) is 17.9. The summed E-state index contributed by atoms with van der Waals surface area (Å²) < 4.78 is 0. The summed E-state index contributed by atoms with van der Waals surface area (Å²) in [6.07, 6.45) is 8.41. The van der Waals surface area contributed by atoms with Crippen molar-refractivity contribution in [3.05, 3.63) is 0 Å². The van der Waals surface area contributed by atoms with Crippen LogP contribution >= 0.6 is 0 Å². The molecule has 2 aliphatic rings. The Labute approximate surface area is 151 Å². The average molecular weight is 351 g/mol. The highest BCUT2D eigenvalue weighted by Gasteiger charge is 2.19. The minimum Gasteiger partial charge on any atom is -0.357 e. The van der Waals surface area contributed by atoms with Crippen LogP contribution in [0.15, 0.2) is 4.99 Å². The van der Waals surface area contributed by atoms with Gasteiger partial charge in [0.25, 0.3) is 0 Å². The molecule has 1 aliphatic carbocycles. The second-order valence-electron chi connectivity index (χ2n) is 6.86. The quantitative estimate of drug-likeness (QED) is 0.346. The molecular formula is C18H33N5O2. The highest BCUT2D eigenvalue weighted by atomic mass is 16.2. The Bertz CT molecular complexity index is 460. The van der Waals surface area contributed by atoms with E-state index in [4.69, 9.17) is 0 Å². The standard InChI is InChI=1S/C18H33N5O2/c1-2-19-18(20-11-7-13-23-12-6-10-17(23)25)21-14-16(24)22-15-8-4-3-5-9-15/h15H,2-14H2,1H3,(H,22,24)(H2,19,20,21). The smallest absolute Gasteiger partial charge is 0.242 e. The second kappa shape index (κ2) is 10.9. The van der Waals surface area contributed by atoms with Gasteiger partial charge in [0.15, 0.2) is 5.96 Å². The van der Waals surface area contributed by atoms with E-state index >= 15 is 0 Å². The Morgan fingerprint density at radius 3 is 2.68 bits per heavy atom. The number of rotatable bonds is 8. The molecule has 2 fully saturated rings. The minimum atomic E-state index is -0.00762. The maximum absolute atomic E-state index is 12.0. The van der Waals surface area contributed by atoms with Gasteiger partial charge >= 0.3 is 0 Å². The number of nitrogens with zero attached hydrogens (tertiary/aromatic N) is 2. The van der Waals surface area contributed by atoms with Crippen LogP contribution in [0, 0.1) is 0 Å². The van der Waals surface area contributed by atoms with Crippen molar-refractivity contribution in [1.29, 1.82) is 0 Å². The second-order valence-corrected chi connectivity index (χ2v) is 6.86. The van der Waals surface area contributed by atoms with Crippen molar-refractivity contribution in [2.45, 2.75) is 64.3 Å². The lowest BCUT2D eigenvalue weighted by molar-refractivity contribution is -0.127. The van der Waals surface area contributed by atoms with Gasteiger partial charge in [-0.25, -0.2) is 4.99 Å². The molecule has 142 valence electrons. The van der Waals surface area contributed by atoms with Crippen LogP contribution in [-0.2, 0) is 9.59 Å². The van der Waals surface area contributed by atoms with Gasteiger partial charge in [-0.2, -0.15) is 0 Å². The zero-order valence-corrected chi connectivity index (χ0v) is 15.5. The summed E-state index contributed by atoms with van der Waals surface area (Å²) in [5.41, 5.74) is 0. The van der Waals surface area contributed by atoms with Gasteiger partial charge in [0.05, 0.1) is 0 Å². The molecule has 7 heteroatoms. The molecule has 0 aromatic carbocycles. The maximum Gasteiger partial charge on any atom is 0.242 e. The number of carbonyl (C=O) groups is 2. The van der Waals surface area contributed by atoms with Gasteiger partial charge in [0.2, 0.25) is 11.8 Å². The molecule has 7 nitrogen and oxygen atoms in total. The van der Waals surface area contributed by atoms with E-state index in [-0.39, 0.29) is 18.4 Å². The first-order chi connectivity index (χ1) is 12.2. The summed E-state index contributed by atoms with van der Waals surface area (Å²) in [7, 11) is 0. The molecule has 2 rings (SSSR count). The summed E-state index contributed by atoms with van der Waals surface area (Å²) in [6, 6.07) is 0.324. The predicted octanol–water partition coefficient (Wildman–Crippen LogP) is 1.00. The number of aliphatic imine (C=N–C) groups is 1. The largest absolute Gasteiger partial charge is 0.357 e. The number of hydrogen-bond donors (Lipinski definition) is 3. The van der Waals surface area contributed by atoms with Crippen molar-refractivity contribution in [3.63, 3.8) is 0 Å². The molecule has 0 unspecified atom stereocenters. The van der Waals surface area contributed by atoms with Crippen molar-refractivity contribution in [3.8, 4) is 0 Å². The Hall–Kier alpha value is -1.79. The van der Waals surface area contributed by atoms with E-state index in [1.807, 2.05) is 11.8 Å². The van der Waals surface area contributed by atoms with Gasteiger partial charge in [0.1, 0.15) is 6.54 Å². The van der Waals surface area contributed by atoms with E-state index in [1.54, 1.807) is 0 Å². The Balaban J connectivity index is 1.66. The van der Waals surface area contributed by atoms with Gasteiger partial charge in [0, 0.05) is 38.6 Å². The molecule has 1 saturated heterocycles. The van der Waals surface area contributed by atoms with Crippen LogP contribution in [0.25, 0.3) is 0 Å². The van der Waals surface area contributed by atoms with Crippen LogP contribution in [0.3, 0.4) is 0 Å². The van der Waals surface area contributed by atoms with E-state index < -0.39 is 0 Å². The van der Waals surface area contributed by atoms with Gasteiger partial charge in [-0.3, -0.25) is 9.59 Å². The lowest BCUT2D eigenvalue weighted by atomic mass is 9.95. The average Bonchev–Trinajstić information content (AvgIpc) is 3.02. The third-order valence-electron chi connectivity index (χ3n) is 4.76. The summed E-state index contributed by atoms with van der Waals surface area (Å²) in [5.74, 6) is 0.917. The van der Waals surface area contributed by atoms with Crippen LogP contribution < -0.4 is 16.0 Å². The normalized spacial score (nSPS) is 19.2. The van der Waals surface area contributed by atoms with Crippen LogP contribution in [0.2, 0.25) is 0 Å². The minimum absolute atomic E-state index is 0.00762. The Kier molecular flexibility index (Phi) is 8.55. The molecule has 2 amide bonds. The molecule has 0 spiro atoms. The highest BCUT2D eigenvalue weighted by molar-refractivity contribution is 5.85. The summed E-state index contributed by atoms with van der Waals surface area (Å²) in [6.45, 7) is 5.31. The van der Waals surface area contributed by atoms with E-state index in [1.165, 1.54) is 19.3 Å². The molecule has 0 radical (unpaired) electrons. The predicted molar refractivity (Wildman–Crippen MR) is 99.4 cm³/mol. The van der Waals surface area contributed by atoms with Crippen molar-refractivity contribution in [2.75, 3.05) is 32.7 Å². The first kappa shape index (κ1) is 19.5. The van der Waals surface area contributed by atoms with Crippen LogP contribution in [-0.4, -0.2) is 61.4 Å². The molecule has 0 bridgehead atoms. The third kappa shape index (κ3) is 7.32. The fraction of sp³-hybridized carbons (Fsp3) is 0.833. The van der Waals surface area contributed by atoms with Gasteiger partial charge < -0.3 is 20.9 Å². The maximum atomic E-state index is 12.0. The molecule has 3 N–H and O–H groups in total. The monoisotopic (exact) mass is 351 g/mol. The van der Waals surface area contributed by atoms with Gasteiger partial charge in [-0.15, -0.1) is 0 Å². The number of likely N-dealkylation sites (tertiary alicyclic amines) is 1. The SMILES string of the molecule is CCNC(=NCC(=O)NC1CCCCC1)NCCCN1CCCC1=O. The van der Waals surface area contributed by atoms with Crippen molar-refractivity contribution >= 4 is 17.8 Å². The Morgan fingerprint density at radius 2 is 2.00 bits per heavy atom. The van der Waals surface area contributed by atoms with Crippen molar-refractivity contribution in [2.24, 2.45) is 4.99 Å². The van der Waals surface area contributed by atoms with Crippen molar-refractivity contribution in [1.82, 2.24) is 20.9 Å². The van der Waals surface area contributed by atoms with Crippen LogP contribution in [0.5, 0.6) is 0 Å². The van der Waals surface area contributed by atoms with Gasteiger partial charge in [-0.1, -0.05) is 19.3 Å². The molecule has 1 saturated carbocycles. The molecule has 1 aliphatic heterocycles. The molecule has 0 atom stereocenters. The summed E-state index contributed by atoms with van der Waals surface area (Å²) in [4.78, 5) is 29.9. The van der Waals surface area contributed by atoms with Gasteiger partial charge in [-0.05, 0) is 32.6 Å². The third-order valence-corrected chi connectivity index (χ3v) is 4.76. The molecule has 1 heterocycles. The van der Waals surface area contributed by atoms with E-state index in [2.05, 4.69) is 20.9 Å². The summed E-state index contributed by atoms with van der Waals surface area (Å²) >= 11 is 0. The zero-order valence-electron chi connectivity index (χ0n) is 15.5.